The van der Waals surface area contributed by atoms with E-state index in [0.717, 1.165) is 35.5 Å². The molecular weight excluding hydrogens is 324 g/mol. The minimum absolute atomic E-state index is 0.917. The molecule has 0 fully saturated rings. The zero-order valence-electron chi connectivity index (χ0n) is 21.8. The van der Waals surface area contributed by atoms with Crippen LogP contribution in [0.25, 0.3) is 0 Å². The molecule has 0 aromatic heterocycles. The largest absolute Gasteiger partial charge is 0.0651 e. The smallest absolute Gasteiger partial charge is 0.0420 e. The molecule has 168 valence electrons. The van der Waals surface area contributed by atoms with Crippen LogP contribution in [0.15, 0.2) is 0 Å². The summed E-state index contributed by atoms with van der Waals surface area (Å²) in [5.74, 6) is 5.57. The first-order chi connectivity index (χ1) is 12.6. The van der Waals surface area contributed by atoms with Gasteiger partial charge in [-0.15, -0.1) is 0 Å². The van der Waals surface area contributed by atoms with Gasteiger partial charge >= 0.3 is 0 Å². The highest BCUT2D eigenvalue weighted by atomic mass is 14.1. The minimum atomic E-state index is 0.917. The van der Waals surface area contributed by atoms with Crippen molar-refractivity contribution in [2.45, 2.75) is 141 Å². The van der Waals surface area contributed by atoms with Crippen LogP contribution >= 0.6 is 0 Å². The highest BCUT2D eigenvalue weighted by Crippen LogP contribution is 2.17. The second kappa shape index (κ2) is 22.3. The summed E-state index contributed by atoms with van der Waals surface area (Å²) in [5.41, 5.74) is 0. The van der Waals surface area contributed by atoms with Crippen molar-refractivity contribution >= 4 is 0 Å². The van der Waals surface area contributed by atoms with Crippen LogP contribution in [-0.2, 0) is 0 Å². The molecule has 0 N–H and O–H groups in total. The Bertz CT molecular complexity index is 231. The minimum Gasteiger partial charge on any atom is -0.0651 e. The van der Waals surface area contributed by atoms with E-state index in [4.69, 9.17) is 0 Å². The number of hydrogen-bond acceptors (Lipinski definition) is 0. The van der Waals surface area contributed by atoms with Gasteiger partial charge in [0.25, 0.3) is 0 Å². The summed E-state index contributed by atoms with van der Waals surface area (Å²) in [6.45, 7) is 27.7. The van der Waals surface area contributed by atoms with E-state index in [-0.39, 0.29) is 0 Å². The normalized spacial score (nSPS) is 17.3. The molecular formula is C27H60. The molecule has 0 spiro atoms. The standard InChI is InChI=1S/C10H22.C9H20.C8H18/c1-5-9(3)7-8-10(4)6-2;1-5-8(3)7-9(4)6-2;1-5-7(3)8(4)6-2/h9-10H,5-8H2,1-4H3;8-9H,5-7H2,1-4H3;7-8H,5-6H2,1-4H3. The summed E-state index contributed by atoms with van der Waals surface area (Å²) in [6, 6.07) is 0. The van der Waals surface area contributed by atoms with Crippen molar-refractivity contribution in [1.29, 1.82) is 0 Å². The molecule has 0 aliphatic rings. The molecule has 6 atom stereocenters. The van der Waals surface area contributed by atoms with Gasteiger partial charge in [-0.2, -0.15) is 0 Å². The van der Waals surface area contributed by atoms with E-state index in [1.165, 1.54) is 57.8 Å². The monoisotopic (exact) mass is 384 g/mol. The molecule has 27 heavy (non-hydrogen) atoms. The topological polar surface area (TPSA) is 0 Å². The van der Waals surface area contributed by atoms with E-state index in [1.54, 1.807) is 0 Å². The molecule has 0 rings (SSSR count). The summed E-state index contributed by atoms with van der Waals surface area (Å²) >= 11 is 0. The van der Waals surface area contributed by atoms with E-state index < -0.39 is 0 Å². The number of hydrogen-bond donors (Lipinski definition) is 0. The Morgan fingerprint density at radius 1 is 0.370 bits per heavy atom. The van der Waals surface area contributed by atoms with Gasteiger partial charge in [0.15, 0.2) is 0 Å². The van der Waals surface area contributed by atoms with E-state index >= 15 is 0 Å². The van der Waals surface area contributed by atoms with E-state index in [9.17, 15) is 0 Å². The third kappa shape index (κ3) is 24.0. The van der Waals surface area contributed by atoms with Crippen LogP contribution in [0.1, 0.15) is 141 Å². The zero-order valence-corrected chi connectivity index (χ0v) is 21.8. The maximum absolute atomic E-state index is 2.35. The maximum Gasteiger partial charge on any atom is -0.0420 e. The fourth-order valence-corrected chi connectivity index (χ4v) is 2.80. The van der Waals surface area contributed by atoms with Gasteiger partial charge in [0.2, 0.25) is 0 Å². The molecule has 0 heterocycles. The van der Waals surface area contributed by atoms with Crippen LogP contribution in [0.4, 0.5) is 0 Å². The molecule has 0 aliphatic heterocycles. The molecule has 6 unspecified atom stereocenters. The van der Waals surface area contributed by atoms with Gasteiger partial charge in [0.1, 0.15) is 0 Å². The van der Waals surface area contributed by atoms with Crippen molar-refractivity contribution in [2.24, 2.45) is 35.5 Å². The SMILES string of the molecule is CCC(C)C(C)CC.CCC(C)CC(C)CC.CCC(C)CCC(C)CC. The zero-order chi connectivity index (χ0) is 21.8. The van der Waals surface area contributed by atoms with E-state index in [0.29, 0.717) is 0 Å². The lowest BCUT2D eigenvalue weighted by atomic mass is 9.92. The molecule has 0 heteroatoms. The molecule has 0 saturated carbocycles. The van der Waals surface area contributed by atoms with Crippen LogP contribution in [0.2, 0.25) is 0 Å². The fraction of sp³-hybridized carbons (Fsp3) is 1.00. The molecule has 0 aromatic carbocycles. The average molecular weight is 385 g/mol. The van der Waals surface area contributed by atoms with E-state index in [2.05, 4.69) is 83.1 Å². The van der Waals surface area contributed by atoms with Gasteiger partial charge in [-0.25, -0.2) is 0 Å². The average Bonchev–Trinajstić information content (AvgIpc) is 2.70. The first kappa shape index (κ1) is 31.7. The quantitative estimate of drug-likeness (QED) is 0.314. The van der Waals surface area contributed by atoms with Gasteiger partial charge in [-0.3, -0.25) is 0 Å². The van der Waals surface area contributed by atoms with Gasteiger partial charge in [-0.1, -0.05) is 134 Å². The lowest BCUT2D eigenvalue weighted by molar-refractivity contribution is 0.367. The molecule has 0 nitrogen and oxygen atoms in total. The second-order valence-electron chi connectivity index (χ2n) is 9.64. The molecule has 0 aromatic rings. The fourth-order valence-electron chi connectivity index (χ4n) is 2.80. The molecule has 0 amide bonds. The van der Waals surface area contributed by atoms with Crippen LogP contribution in [-0.4, -0.2) is 0 Å². The summed E-state index contributed by atoms with van der Waals surface area (Å²) in [5, 5.41) is 0. The third-order valence-electron chi connectivity index (χ3n) is 7.00. The van der Waals surface area contributed by atoms with Crippen LogP contribution in [0, 0.1) is 35.5 Å². The first-order valence-electron chi connectivity index (χ1n) is 12.6. The molecule has 0 radical (unpaired) electrons. The van der Waals surface area contributed by atoms with Crippen LogP contribution in [0.5, 0.6) is 0 Å². The Balaban J connectivity index is -0.000000322. The predicted molar refractivity (Wildman–Crippen MR) is 131 cm³/mol. The number of rotatable bonds is 12. The Kier molecular flexibility index (Phi) is 26.2. The van der Waals surface area contributed by atoms with E-state index in [1.807, 2.05) is 0 Å². The maximum atomic E-state index is 2.35. The van der Waals surface area contributed by atoms with Crippen molar-refractivity contribution in [3.05, 3.63) is 0 Å². The molecule has 0 saturated heterocycles. The van der Waals surface area contributed by atoms with Gasteiger partial charge in [-0.05, 0) is 41.9 Å². The van der Waals surface area contributed by atoms with Crippen molar-refractivity contribution in [3.8, 4) is 0 Å². The Hall–Kier alpha value is 0. The van der Waals surface area contributed by atoms with Gasteiger partial charge < -0.3 is 0 Å². The highest BCUT2D eigenvalue weighted by Gasteiger charge is 2.06. The van der Waals surface area contributed by atoms with Gasteiger partial charge in [0, 0.05) is 0 Å². The van der Waals surface area contributed by atoms with Crippen LogP contribution in [0.3, 0.4) is 0 Å². The lowest BCUT2D eigenvalue weighted by Gasteiger charge is -2.14. The van der Waals surface area contributed by atoms with Crippen molar-refractivity contribution in [3.63, 3.8) is 0 Å². The first-order valence-corrected chi connectivity index (χ1v) is 12.6. The molecule has 0 aliphatic carbocycles. The van der Waals surface area contributed by atoms with Gasteiger partial charge in [0.05, 0.1) is 0 Å². The Labute approximate surface area is 176 Å². The molecule has 0 bridgehead atoms. The van der Waals surface area contributed by atoms with Crippen molar-refractivity contribution in [1.82, 2.24) is 0 Å². The van der Waals surface area contributed by atoms with Crippen LogP contribution < -0.4 is 0 Å². The third-order valence-corrected chi connectivity index (χ3v) is 7.00. The Morgan fingerprint density at radius 2 is 0.630 bits per heavy atom. The Morgan fingerprint density at radius 3 is 0.815 bits per heavy atom. The van der Waals surface area contributed by atoms with Crippen molar-refractivity contribution < 1.29 is 0 Å². The summed E-state index contributed by atoms with van der Waals surface area (Å²) in [7, 11) is 0. The van der Waals surface area contributed by atoms with Crippen molar-refractivity contribution in [2.75, 3.05) is 0 Å². The summed E-state index contributed by atoms with van der Waals surface area (Å²) in [6.07, 6.45) is 12.3. The highest BCUT2D eigenvalue weighted by molar-refractivity contribution is 4.57. The lowest BCUT2D eigenvalue weighted by Crippen LogP contribution is -2.04. The predicted octanol–water partition coefficient (Wildman–Crippen LogP) is 10.4. The summed E-state index contributed by atoms with van der Waals surface area (Å²) in [4.78, 5) is 0. The summed E-state index contributed by atoms with van der Waals surface area (Å²) < 4.78 is 0. The second-order valence-corrected chi connectivity index (χ2v) is 9.64.